The van der Waals surface area contributed by atoms with Crippen molar-refractivity contribution in [2.75, 3.05) is 18.9 Å². The number of alkyl halides is 3. The molecule has 5 nitrogen and oxygen atoms in total. The van der Waals surface area contributed by atoms with E-state index < -0.39 is 34.8 Å². The Morgan fingerprint density at radius 2 is 2.11 bits per heavy atom. The summed E-state index contributed by atoms with van der Waals surface area (Å²) in [6.45, 7) is 1.94. The van der Waals surface area contributed by atoms with Gasteiger partial charge in [0.25, 0.3) is 5.56 Å². The first-order valence-corrected chi connectivity index (χ1v) is 5.51. The minimum Gasteiger partial charge on any atom is -0.327 e. The lowest BCUT2D eigenvalue weighted by Gasteiger charge is -2.12. The molecule has 1 heterocycles. The summed E-state index contributed by atoms with van der Waals surface area (Å²) in [5.41, 5.74) is -2.22. The Labute approximate surface area is 107 Å². The molecule has 1 amide bonds. The molecule has 19 heavy (non-hydrogen) atoms. The van der Waals surface area contributed by atoms with Gasteiger partial charge in [0.2, 0.25) is 5.91 Å². The number of hydrogen-bond donors (Lipinski definition) is 3. The largest absolute Gasteiger partial charge is 0.417 e. The fraction of sp³-hybridized carbons (Fsp3) is 0.455. The number of carbonyl (C=O) groups excluding carboxylic acids is 1. The van der Waals surface area contributed by atoms with Crippen molar-refractivity contribution in [3.63, 3.8) is 0 Å². The highest BCUT2D eigenvalue weighted by Gasteiger charge is 2.31. The number of nitrogens with one attached hydrogen (secondary N) is 3. The van der Waals surface area contributed by atoms with Gasteiger partial charge >= 0.3 is 6.18 Å². The maximum atomic E-state index is 12.5. The second-order valence-electron chi connectivity index (χ2n) is 4.08. The van der Waals surface area contributed by atoms with Crippen LogP contribution >= 0.6 is 0 Å². The highest BCUT2D eigenvalue weighted by atomic mass is 19.4. The van der Waals surface area contributed by atoms with Gasteiger partial charge in [0.05, 0.1) is 5.56 Å². The molecule has 8 heteroatoms. The Balaban J connectivity index is 2.95. The third kappa shape index (κ3) is 4.09. The number of pyridine rings is 1. The smallest absolute Gasteiger partial charge is 0.327 e. The van der Waals surface area contributed by atoms with Crippen LogP contribution in [-0.4, -0.2) is 24.5 Å². The predicted molar refractivity (Wildman–Crippen MR) is 63.8 cm³/mol. The zero-order chi connectivity index (χ0) is 14.6. The zero-order valence-corrected chi connectivity index (χ0v) is 10.4. The lowest BCUT2D eigenvalue weighted by molar-refractivity contribution is -0.137. The Kier molecular flexibility index (Phi) is 4.71. The van der Waals surface area contributed by atoms with Gasteiger partial charge in [-0.2, -0.15) is 13.2 Å². The number of amides is 1. The van der Waals surface area contributed by atoms with E-state index in [0.29, 0.717) is 18.8 Å². The van der Waals surface area contributed by atoms with Crippen molar-refractivity contribution in [1.29, 1.82) is 0 Å². The topological polar surface area (TPSA) is 74.0 Å². The van der Waals surface area contributed by atoms with Gasteiger partial charge in [0.15, 0.2) is 0 Å². The Bertz CT molecular complexity index is 511. The maximum Gasteiger partial charge on any atom is 0.417 e. The quantitative estimate of drug-likeness (QED) is 0.774. The fourth-order valence-electron chi connectivity index (χ4n) is 1.40. The molecule has 0 saturated heterocycles. The summed E-state index contributed by atoms with van der Waals surface area (Å²) in [6.07, 6.45) is -4.02. The normalized spacial score (nSPS) is 13.1. The Morgan fingerprint density at radius 3 is 2.63 bits per heavy atom. The van der Waals surface area contributed by atoms with Crippen molar-refractivity contribution < 1.29 is 18.0 Å². The summed E-state index contributed by atoms with van der Waals surface area (Å²) >= 11 is 0. The fourth-order valence-corrected chi connectivity index (χ4v) is 1.40. The van der Waals surface area contributed by atoms with Crippen molar-refractivity contribution in [2.24, 2.45) is 5.92 Å². The van der Waals surface area contributed by atoms with E-state index in [1.807, 2.05) is 4.98 Å². The molecule has 0 spiro atoms. The Hall–Kier alpha value is -1.83. The summed E-state index contributed by atoms with van der Waals surface area (Å²) in [4.78, 5) is 24.9. The molecule has 0 saturated carbocycles. The van der Waals surface area contributed by atoms with E-state index in [9.17, 15) is 22.8 Å². The first-order valence-electron chi connectivity index (χ1n) is 5.51. The third-order valence-electron chi connectivity index (χ3n) is 2.45. The number of hydrogen-bond acceptors (Lipinski definition) is 3. The lowest BCUT2D eigenvalue weighted by atomic mass is 10.1. The molecule has 0 fully saturated rings. The van der Waals surface area contributed by atoms with Gasteiger partial charge in [-0.25, -0.2) is 0 Å². The molecule has 0 aliphatic carbocycles. The molecule has 1 aromatic rings. The van der Waals surface area contributed by atoms with Crippen LogP contribution in [0.2, 0.25) is 0 Å². The van der Waals surface area contributed by atoms with E-state index in [-0.39, 0.29) is 0 Å². The van der Waals surface area contributed by atoms with E-state index in [2.05, 4.69) is 10.6 Å². The van der Waals surface area contributed by atoms with Crippen molar-refractivity contribution in [2.45, 2.75) is 13.1 Å². The number of anilines is 1. The van der Waals surface area contributed by atoms with Crippen LogP contribution in [0.3, 0.4) is 0 Å². The highest BCUT2D eigenvalue weighted by molar-refractivity contribution is 5.92. The van der Waals surface area contributed by atoms with Crippen molar-refractivity contribution >= 4 is 11.6 Å². The summed E-state index contributed by atoms with van der Waals surface area (Å²) < 4.78 is 37.4. The van der Waals surface area contributed by atoms with Crippen LogP contribution in [0.4, 0.5) is 18.9 Å². The second kappa shape index (κ2) is 5.87. The summed E-state index contributed by atoms with van der Waals surface area (Å²) in [6, 6.07) is 0.614. The molecule has 0 radical (unpaired) electrons. The monoisotopic (exact) mass is 277 g/mol. The SMILES string of the molecule is CNCC(C)C(=O)Nc1cc(C(F)(F)F)c[nH]c1=O. The molecule has 1 rings (SSSR count). The minimum absolute atomic E-state index is 0.350. The van der Waals surface area contributed by atoms with E-state index in [0.717, 1.165) is 0 Å². The Morgan fingerprint density at radius 1 is 1.47 bits per heavy atom. The van der Waals surface area contributed by atoms with Gasteiger partial charge in [-0.1, -0.05) is 6.92 Å². The number of rotatable bonds is 4. The second-order valence-corrected chi connectivity index (χ2v) is 4.08. The first kappa shape index (κ1) is 15.2. The van der Waals surface area contributed by atoms with Gasteiger partial charge < -0.3 is 15.6 Å². The van der Waals surface area contributed by atoms with Gasteiger partial charge in [-0.05, 0) is 13.1 Å². The molecule has 1 aromatic heterocycles. The van der Waals surface area contributed by atoms with Crippen molar-refractivity contribution in [3.8, 4) is 0 Å². The molecule has 1 atom stereocenters. The molecular formula is C11H14F3N3O2. The minimum atomic E-state index is -4.58. The zero-order valence-electron chi connectivity index (χ0n) is 10.4. The van der Waals surface area contributed by atoms with E-state index in [1.54, 1.807) is 14.0 Å². The summed E-state index contributed by atoms with van der Waals surface area (Å²) in [7, 11) is 1.64. The average Bonchev–Trinajstić information content (AvgIpc) is 2.30. The van der Waals surface area contributed by atoms with Crippen LogP contribution in [0.5, 0.6) is 0 Å². The van der Waals surface area contributed by atoms with Gasteiger partial charge in [0, 0.05) is 18.7 Å². The molecule has 0 aliphatic rings. The van der Waals surface area contributed by atoms with Crippen molar-refractivity contribution in [3.05, 3.63) is 28.2 Å². The number of halogens is 3. The van der Waals surface area contributed by atoms with E-state index in [4.69, 9.17) is 0 Å². The summed E-state index contributed by atoms with van der Waals surface area (Å²) in [5.74, 6) is -1.00. The number of carbonyl (C=O) groups is 1. The van der Waals surface area contributed by atoms with Crippen molar-refractivity contribution in [1.82, 2.24) is 10.3 Å². The van der Waals surface area contributed by atoms with Crippen LogP contribution in [0.15, 0.2) is 17.1 Å². The van der Waals surface area contributed by atoms with Gasteiger partial charge in [-0.3, -0.25) is 9.59 Å². The van der Waals surface area contributed by atoms with E-state index in [1.165, 1.54) is 0 Å². The van der Waals surface area contributed by atoms with Crippen LogP contribution < -0.4 is 16.2 Å². The molecule has 106 valence electrons. The van der Waals surface area contributed by atoms with Crippen LogP contribution in [0.25, 0.3) is 0 Å². The molecule has 0 aliphatic heterocycles. The van der Waals surface area contributed by atoms with E-state index >= 15 is 0 Å². The predicted octanol–water partition coefficient (Wildman–Crippen LogP) is 1.19. The number of aromatic nitrogens is 1. The molecule has 0 aromatic carbocycles. The molecule has 1 unspecified atom stereocenters. The highest BCUT2D eigenvalue weighted by Crippen LogP contribution is 2.29. The maximum absolute atomic E-state index is 12.5. The average molecular weight is 277 g/mol. The number of aromatic amines is 1. The molecule has 0 bridgehead atoms. The first-order chi connectivity index (χ1) is 8.75. The molecule has 3 N–H and O–H groups in total. The summed E-state index contributed by atoms with van der Waals surface area (Å²) in [5, 5.41) is 4.94. The standard InChI is InChI=1S/C11H14F3N3O2/c1-6(4-15-2)9(18)17-8-3-7(11(12,13)14)5-16-10(8)19/h3,5-6,15H,4H2,1-2H3,(H,16,19)(H,17,18). The van der Waals surface area contributed by atoms with Crippen LogP contribution in [0.1, 0.15) is 12.5 Å². The molecular weight excluding hydrogens is 263 g/mol. The lowest BCUT2D eigenvalue weighted by Crippen LogP contribution is -2.30. The van der Waals surface area contributed by atoms with Crippen LogP contribution in [-0.2, 0) is 11.0 Å². The van der Waals surface area contributed by atoms with Gasteiger partial charge in [0.1, 0.15) is 5.69 Å². The third-order valence-corrected chi connectivity index (χ3v) is 2.45. The van der Waals surface area contributed by atoms with Gasteiger partial charge in [-0.15, -0.1) is 0 Å². The number of H-pyrrole nitrogens is 1. The van der Waals surface area contributed by atoms with Crippen LogP contribution in [0, 0.1) is 5.92 Å².